The van der Waals surface area contributed by atoms with Crippen molar-refractivity contribution < 1.29 is 36.4 Å². The Morgan fingerprint density at radius 3 is 2.43 bits per heavy atom. The first-order valence-corrected chi connectivity index (χ1v) is 8.92. The fourth-order valence-electron chi connectivity index (χ4n) is 3.03. The van der Waals surface area contributed by atoms with E-state index in [4.69, 9.17) is 9.26 Å². The summed E-state index contributed by atoms with van der Waals surface area (Å²) in [4.78, 5) is 15.0. The molecule has 2 aromatic heterocycles. The Morgan fingerprint density at radius 1 is 1.07 bits per heavy atom. The van der Waals surface area contributed by atoms with Crippen molar-refractivity contribution in [1.29, 1.82) is 0 Å². The number of nitrogens with zero attached hydrogens (tertiary/aromatic N) is 2. The molecule has 3 aromatic rings. The standard InChI is InChI=1S/C20H14F4N2O4/c21-14-4-1-11(2-5-14)13-7-15(8-13)28-17-6-3-12(10-25-17)16-9-18(26-30-16)29-19(27)20(22,23)24/h1-6,9-10,13,15H,7-8H2. The number of hydrogen-bond donors (Lipinski definition) is 0. The summed E-state index contributed by atoms with van der Waals surface area (Å²) in [6, 6.07) is 10.6. The van der Waals surface area contributed by atoms with Crippen LogP contribution >= 0.6 is 0 Å². The normalized spacial score (nSPS) is 18.5. The van der Waals surface area contributed by atoms with Crippen LogP contribution < -0.4 is 9.47 Å². The molecule has 2 heterocycles. The van der Waals surface area contributed by atoms with Gasteiger partial charge in [-0.2, -0.15) is 13.2 Å². The monoisotopic (exact) mass is 422 g/mol. The van der Waals surface area contributed by atoms with Crippen molar-refractivity contribution in [3.8, 4) is 23.1 Å². The molecule has 0 spiro atoms. The third-order valence-corrected chi connectivity index (χ3v) is 4.66. The van der Waals surface area contributed by atoms with Crippen molar-refractivity contribution in [2.45, 2.75) is 31.0 Å². The van der Waals surface area contributed by atoms with E-state index in [-0.39, 0.29) is 17.7 Å². The third kappa shape index (κ3) is 4.42. The second-order valence-electron chi connectivity index (χ2n) is 6.76. The van der Waals surface area contributed by atoms with E-state index < -0.39 is 18.0 Å². The number of rotatable bonds is 5. The van der Waals surface area contributed by atoms with Gasteiger partial charge in [0.1, 0.15) is 11.9 Å². The number of pyridine rings is 1. The smallest absolute Gasteiger partial charge is 0.474 e. The Hall–Kier alpha value is -3.43. The van der Waals surface area contributed by atoms with Crippen LogP contribution in [0.1, 0.15) is 24.3 Å². The molecule has 0 amide bonds. The van der Waals surface area contributed by atoms with Crippen LogP contribution in [0, 0.1) is 5.82 Å². The molecule has 0 bridgehead atoms. The molecule has 0 aliphatic heterocycles. The highest BCUT2D eigenvalue weighted by Gasteiger charge is 2.42. The molecule has 1 aliphatic carbocycles. The number of esters is 1. The molecule has 10 heteroatoms. The minimum atomic E-state index is -5.13. The van der Waals surface area contributed by atoms with Gasteiger partial charge in [-0.3, -0.25) is 0 Å². The van der Waals surface area contributed by atoms with Gasteiger partial charge in [0.05, 0.1) is 6.07 Å². The van der Waals surface area contributed by atoms with Crippen LogP contribution in [0.2, 0.25) is 0 Å². The summed E-state index contributed by atoms with van der Waals surface area (Å²) in [5.74, 6) is -2.49. The average molecular weight is 422 g/mol. The minimum Gasteiger partial charge on any atom is -0.474 e. The quantitative estimate of drug-likeness (QED) is 0.440. The summed E-state index contributed by atoms with van der Waals surface area (Å²) in [7, 11) is 0. The van der Waals surface area contributed by atoms with E-state index in [1.807, 2.05) is 0 Å². The molecule has 0 radical (unpaired) electrons. The fourth-order valence-corrected chi connectivity index (χ4v) is 3.03. The third-order valence-electron chi connectivity index (χ3n) is 4.66. The van der Waals surface area contributed by atoms with Crippen LogP contribution in [0.4, 0.5) is 17.6 Å². The summed E-state index contributed by atoms with van der Waals surface area (Å²) in [6.07, 6.45) is -2.17. The number of benzene rings is 1. The molecule has 1 aliphatic rings. The van der Waals surface area contributed by atoms with Crippen molar-refractivity contribution in [3.05, 3.63) is 60.0 Å². The maximum Gasteiger partial charge on any atom is 0.491 e. The maximum atomic E-state index is 13.0. The zero-order valence-corrected chi connectivity index (χ0v) is 15.2. The molecular formula is C20H14F4N2O4. The van der Waals surface area contributed by atoms with E-state index in [1.165, 1.54) is 18.3 Å². The van der Waals surface area contributed by atoms with Gasteiger partial charge in [0, 0.05) is 17.8 Å². The number of aromatic nitrogens is 2. The van der Waals surface area contributed by atoms with Gasteiger partial charge in [-0.05, 0) is 47.7 Å². The van der Waals surface area contributed by atoms with E-state index >= 15 is 0 Å². The highest BCUT2D eigenvalue weighted by Crippen LogP contribution is 2.39. The maximum absolute atomic E-state index is 13.0. The molecule has 0 N–H and O–H groups in total. The molecule has 1 fully saturated rings. The molecule has 1 saturated carbocycles. The minimum absolute atomic E-state index is 0.0166. The Morgan fingerprint density at radius 2 is 1.80 bits per heavy atom. The van der Waals surface area contributed by atoms with Gasteiger partial charge in [0.2, 0.25) is 5.88 Å². The molecular weight excluding hydrogens is 408 g/mol. The van der Waals surface area contributed by atoms with Crippen molar-refractivity contribution in [2.75, 3.05) is 0 Å². The predicted molar refractivity (Wildman–Crippen MR) is 94.2 cm³/mol. The summed E-state index contributed by atoms with van der Waals surface area (Å²) in [6.45, 7) is 0. The Labute approximate surface area is 167 Å². The average Bonchev–Trinajstić information content (AvgIpc) is 3.13. The number of alkyl halides is 3. The molecule has 156 valence electrons. The summed E-state index contributed by atoms with van der Waals surface area (Å²) >= 11 is 0. The Balaban J connectivity index is 1.32. The van der Waals surface area contributed by atoms with Crippen molar-refractivity contribution in [2.24, 2.45) is 0 Å². The molecule has 0 unspecified atom stereocenters. The lowest BCUT2D eigenvalue weighted by Gasteiger charge is -2.35. The van der Waals surface area contributed by atoms with Gasteiger partial charge in [-0.25, -0.2) is 14.2 Å². The van der Waals surface area contributed by atoms with Gasteiger partial charge >= 0.3 is 12.1 Å². The lowest BCUT2D eigenvalue weighted by atomic mass is 9.77. The lowest BCUT2D eigenvalue weighted by molar-refractivity contribution is -0.190. The first-order chi connectivity index (χ1) is 14.3. The van der Waals surface area contributed by atoms with E-state index in [1.54, 1.807) is 24.3 Å². The van der Waals surface area contributed by atoms with E-state index in [0.717, 1.165) is 24.5 Å². The second kappa shape index (κ2) is 7.77. The van der Waals surface area contributed by atoms with Gasteiger partial charge in [0.15, 0.2) is 5.76 Å². The van der Waals surface area contributed by atoms with E-state index in [2.05, 4.69) is 14.9 Å². The highest BCUT2D eigenvalue weighted by atomic mass is 19.4. The zero-order valence-electron chi connectivity index (χ0n) is 15.2. The SMILES string of the molecule is O=C(Oc1cc(-c2ccc(OC3CC(c4ccc(F)cc4)C3)nc2)on1)C(F)(F)F. The van der Waals surface area contributed by atoms with E-state index in [9.17, 15) is 22.4 Å². The number of halogens is 4. The van der Waals surface area contributed by atoms with Crippen LogP contribution in [0.15, 0.2) is 53.2 Å². The van der Waals surface area contributed by atoms with Crippen LogP contribution in [0.5, 0.6) is 11.8 Å². The molecule has 0 saturated heterocycles. The second-order valence-corrected chi connectivity index (χ2v) is 6.76. The van der Waals surface area contributed by atoms with Gasteiger partial charge < -0.3 is 14.0 Å². The largest absolute Gasteiger partial charge is 0.491 e. The number of hydrogen-bond acceptors (Lipinski definition) is 6. The molecule has 0 atom stereocenters. The van der Waals surface area contributed by atoms with E-state index in [0.29, 0.717) is 17.4 Å². The summed E-state index contributed by atoms with van der Waals surface area (Å²) < 4.78 is 64.4. The molecule has 1 aromatic carbocycles. The topological polar surface area (TPSA) is 74.5 Å². The van der Waals surface area contributed by atoms with Gasteiger partial charge in [-0.15, -0.1) is 0 Å². The lowest BCUT2D eigenvalue weighted by Crippen LogP contribution is -2.32. The zero-order chi connectivity index (χ0) is 21.3. The Bertz CT molecular complexity index is 1030. The fraction of sp³-hybridized carbons (Fsp3) is 0.250. The number of carbonyl (C=O) groups is 1. The number of carbonyl (C=O) groups excluding carboxylic acids is 1. The van der Waals surface area contributed by atoms with Crippen molar-refractivity contribution >= 4 is 5.97 Å². The van der Waals surface area contributed by atoms with Gasteiger partial charge in [0.25, 0.3) is 5.88 Å². The van der Waals surface area contributed by atoms with Crippen LogP contribution in [0.3, 0.4) is 0 Å². The Kier molecular flexibility index (Phi) is 5.15. The first-order valence-electron chi connectivity index (χ1n) is 8.92. The highest BCUT2D eigenvalue weighted by molar-refractivity contribution is 5.78. The number of ether oxygens (including phenoxy) is 2. The summed E-state index contributed by atoms with van der Waals surface area (Å²) in [5.41, 5.74) is 1.48. The van der Waals surface area contributed by atoms with Crippen molar-refractivity contribution in [1.82, 2.24) is 10.1 Å². The van der Waals surface area contributed by atoms with Crippen LogP contribution in [0.25, 0.3) is 11.3 Å². The molecule has 6 nitrogen and oxygen atoms in total. The summed E-state index contributed by atoms with van der Waals surface area (Å²) in [5, 5.41) is 3.28. The van der Waals surface area contributed by atoms with Gasteiger partial charge in [-0.1, -0.05) is 12.1 Å². The molecule has 4 rings (SSSR count). The van der Waals surface area contributed by atoms with Crippen molar-refractivity contribution in [3.63, 3.8) is 0 Å². The predicted octanol–water partition coefficient (Wildman–Crippen LogP) is 4.67. The molecule has 30 heavy (non-hydrogen) atoms. The van der Waals surface area contributed by atoms with Crippen LogP contribution in [-0.2, 0) is 4.79 Å². The van der Waals surface area contributed by atoms with Crippen LogP contribution in [-0.4, -0.2) is 28.4 Å². The first kappa shape index (κ1) is 19.9.